The van der Waals surface area contributed by atoms with Crippen molar-refractivity contribution < 1.29 is 9.84 Å². The molecule has 0 bridgehead atoms. The lowest BCUT2D eigenvalue weighted by Crippen LogP contribution is -2.29. The molecule has 0 radical (unpaired) electrons. The number of hydrogen-bond acceptors (Lipinski definition) is 2. The maximum Gasteiger partial charge on any atom is 0.0797 e. The van der Waals surface area contributed by atoms with Gasteiger partial charge in [-0.2, -0.15) is 0 Å². The zero-order chi connectivity index (χ0) is 15.2. The zero-order valence-corrected chi connectivity index (χ0v) is 15.2. The number of allylic oxidation sites excluding steroid dienone is 1. The van der Waals surface area contributed by atoms with Gasteiger partial charge in [0.2, 0.25) is 0 Å². The van der Waals surface area contributed by atoms with Crippen LogP contribution in [-0.2, 0) is 4.74 Å². The second-order valence-electron chi connectivity index (χ2n) is 7.95. The fraction of sp³-hybridized carbons (Fsp3) is 0.882. The van der Waals surface area contributed by atoms with Gasteiger partial charge in [0.25, 0.3) is 0 Å². The molecule has 1 fully saturated rings. The molecule has 3 heteroatoms. The van der Waals surface area contributed by atoms with E-state index in [4.69, 9.17) is 4.74 Å². The summed E-state index contributed by atoms with van der Waals surface area (Å²) < 4.78 is 5.77. The molecule has 0 amide bonds. The summed E-state index contributed by atoms with van der Waals surface area (Å²) in [4.78, 5) is 0. The van der Waals surface area contributed by atoms with Gasteiger partial charge in [0, 0.05) is 14.7 Å². The summed E-state index contributed by atoms with van der Waals surface area (Å²) >= 11 is 0. The lowest BCUT2D eigenvalue weighted by atomic mass is 9.97. The normalized spacial score (nSPS) is 22.1. The van der Waals surface area contributed by atoms with Crippen LogP contribution in [0.15, 0.2) is 11.6 Å². The topological polar surface area (TPSA) is 29.5 Å². The molecule has 20 heavy (non-hydrogen) atoms. The standard InChI is InChI=1S/C17H34O2Si/c1-17(2,18)15(14-20(3,4)5)10-6-7-11-16-12-8-9-13-19-16/h10,16,18H,6-9,11-14H2,1-5H3/b15-10+. The van der Waals surface area contributed by atoms with Crippen LogP contribution in [0.25, 0.3) is 0 Å². The molecule has 1 saturated heterocycles. The third kappa shape index (κ3) is 7.60. The van der Waals surface area contributed by atoms with E-state index in [0.29, 0.717) is 6.10 Å². The Morgan fingerprint density at radius 3 is 2.50 bits per heavy atom. The predicted molar refractivity (Wildman–Crippen MR) is 90.0 cm³/mol. The van der Waals surface area contributed by atoms with Crippen molar-refractivity contribution >= 4 is 8.07 Å². The summed E-state index contributed by atoms with van der Waals surface area (Å²) in [5.41, 5.74) is 0.572. The van der Waals surface area contributed by atoms with Crippen LogP contribution in [-0.4, -0.2) is 31.5 Å². The van der Waals surface area contributed by atoms with Crippen LogP contribution in [0.5, 0.6) is 0 Å². The maximum absolute atomic E-state index is 10.3. The smallest absolute Gasteiger partial charge is 0.0797 e. The monoisotopic (exact) mass is 298 g/mol. The van der Waals surface area contributed by atoms with Crippen molar-refractivity contribution in [3.05, 3.63) is 11.6 Å². The Hall–Kier alpha value is -0.123. The van der Waals surface area contributed by atoms with E-state index in [1.165, 1.54) is 37.7 Å². The van der Waals surface area contributed by atoms with Crippen molar-refractivity contribution in [1.29, 1.82) is 0 Å². The number of rotatable bonds is 7. The summed E-state index contributed by atoms with van der Waals surface area (Å²) in [6.45, 7) is 11.9. The first-order chi connectivity index (χ1) is 9.18. The van der Waals surface area contributed by atoms with E-state index < -0.39 is 13.7 Å². The van der Waals surface area contributed by atoms with Gasteiger partial charge < -0.3 is 9.84 Å². The van der Waals surface area contributed by atoms with E-state index >= 15 is 0 Å². The molecule has 0 aromatic rings. The van der Waals surface area contributed by atoms with E-state index in [9.17, 15) is 5.11 Å². The summed E-state index contributed by atoms with van der Waals surface area (Å²) in [6, 6.07) is 1.09. The molecular formula is C17H34O2Si. The summed E-state index contributed by atoms with van der Waals surface area (Å²) in [7, 11) is -1.18. The van der Waals surface area contributed by atoms with Crippen LogP contribution >= 0.6 is 0 Å². The molecule has 1 heterocycles. The highest BCUT2D eigenvalue weighted by molar-refractivity contribution is 6.76. The van der Waals surface area contributed by atoms with Crippen LogP contribution in [0.3, 0.4) is 0 Å². The predicted octanol–water partition coefficient (Wildman–Crippen LogP) is 4.76. The molecule has 0 aliphatic carbocycles. The van der Waals surface area contributed by atoms with Gasteiger partial charge in [0.1, 0.15) is 0 Å². The quantitative estimate of drug-likeness (QED) is 0.417. The van der Waals surface area contributed by atoms with Gasteiger partial charge in [-0.1, -0.05) is 25.7 Å². The largest absolute Gasteiger partial charge is 0.386 e. The number of hydrogen-bond donors (Lipinski definition) is 1. The zero-order valence-electron chi connectivity index (χ0n) is 14.2. The van der Waals surface area contributed by atoms with Crippen LogP contribution in [0.4, 0.5) is 0 Å². The van der Waals surface area contributed by atoms with Crippen molar-refractivity contribution in [1.82, 2.24) is 0 Å². The number of ether oxygens (including phenoxy) is 1. The molecule has 0 aromatic carbocycles. The first kappa shape index (κ1) is 17.9. The average Bonchev–Trinajstić information content (AvgIpc) is 2.32. The van der Waals surface area contributed by atoms with Crippen molar-refractivity contribution in [3.8, 4) is 0 Å². The van der Waals surface area contributed by atoms with E-state index in [-0.39, 0.29) is 0 Å². The Kier molecular flexibility index (Phi) is 6.96. The van der Waals surface area contributed by atoms with Crippen LogP contribution in [0, 0.1) is 0 Å². The SMILES string of the molecule is CC(C)(O)/C(=C/CCCC1CCCCO1)C[Si](C)(C)C. The molecule has 2 nitrogen and oxygen atoms in total. The van der Waals surface area contributed by atoms with Gasteiger partial charge in [-0.25, -0.2) is 0 Å². The first-order valence-electron chi connectivity index (χ1n) is 8.22. The summed E-state index contributed by atoms with van der Waals surface area (Å²) in [5.74, 6) is 0. The Morgan fingerprint density at radius 2 is 2.00 bits per heavy atom. The minimum absolute atomic E-state index is 0.486. The second kappa shape index (κ2) is 7.76. The fourth-order valence-electron chi connectivity index (χ4n) is 2.77. The van der Waals surface area contributed by atoms with E-state index in [1.807, 2.05) is 13.8 Å². The highest BCUT2D eigenvalue weighted by Gasteiger charge is 2.25. The van der Waals surface area contributed by atoms with Crippen molar-refractivity contribution in [2.24, 2.45) is 0 Å². The molecule has 1 atom stereocenters. The van der Waals surface area contributed by atoms with Crippen molar-refractivity contribution in [3.63, 3.8) is 0 Å². The van der Waals surface area contributed by atoms with E-state index in [1.54, 1.807) is 0 Å². The third-order valence-electron chi connectivity index (χ3n) is 3.90. The number of aliphatic hydroxyl groups is 1. The molecule has 0 aromatic heterocycles. The van der Waals surface area contributed by atoms with Crippen molar-refractivity contribution in [2.75, 3.05) is 6.61 Å². The maximum atomic E-state index is 10.3. The molecule has 1 rings (SSSR count). The molecule has 1 unspecified atom stereocenters. The van der Waals surface area contributed by atoms with Gasteiger partial charge in [0.15, 0.2) is 0 Å². The Morgan fingerprint density at radius 1 is 1.30 bits per heavy atom. The highest BCUT2D eigenvalue weighted by atomic mass is 28.3. The minimum Gasteiger partial charge on any atom is -0.386 e. The van der Waals surface area contributed by atoms with Crippen LogP contribution < -0.4 is 0 Å². The molecule has 1 aliphatic heterocycles. The molecular weight excluding hydrogens is 264 g/mol. The third-order valence-corrected chi connectivity index (χ3v) is 5.34. The Bertz CT molecular complexity index is 304. The molecule has 118 valence electrons. The molecule has 1 N–H and O–H groups in total. The van der Waals surface area contributed by atoms with Gasteiger partial charge in [0.05, 0.1) is 11.7 Å². The lowest BCUT2D eigenvalue weighted by molar-refractivity contribution is 0.0103. The van der Waals surface area contributed by atoms with Gasteiger partial charge in [-0.15, -0.1) is 0 Å². The Balaban J connectivity index is 2.42. The van der Waals surface area contributed by atoms with Crippen molar-refractivity contribution in [2.45, 2.75) is 89.8 Å². The average molecular weight is 299 g/mol. The summed E-state index contributed by atoms with van der Waals surface area (Å²) in [5, 5.41) is 10.3. The second-order valence-corrected chi connectivity index (χ2v) is 13.4. The van der Waals surface area contributed by atoms with Crippen LogP contribution in [0.2, 0.25) is 25.7 Å². The number of unbranched alkanes of at least 4 members (excludes halogenated alkanes) is 1. The minimum atomic E-state index is -1.18. The fourth-order valence-corrected chi connectivity index (χ4v) is 4.49. The molecule has 1 aliphatic rings. The van der Waals surface area contributed by atoms with Crippen LogP contribution in [0.1, 0.15) is 52.4 Å². The summed E-state index contributed by atoms with van der Waals surface area (Å²) in [6.07, 6.45) is 9.99. The van der Waals surface area contributed by atoms with Gasteiger partial charge >= 0.3 is 0 Å². The molecule has 0 saturated carbocycles. The van der Waals surface area contributed by atoms with Gasteiger partial charge in [-0.3, -0.25) is 0 Å². The Labute approximate surface area is 126 Å². The lowest BCUT2D eigenvalue weighted by Gasteiger charge is -2.27. The van der Waals surface area contributed by atoms with Gasteiger partial charge in [-0.05, 0) is 64.0 Å². The molecule has 0 spiro atoms. The first-order valence-corrected chi connectivity index (χ1v) is 11.9. The van der Waals surface area contributed by atoms with E-state index in [2.05, 4.69) is 25.7 Å². The highest BCUT2D eigenvalue weighted by Crippen LogP contribution is 2.27. The van der Waals surface area contributed by atoms with E-state index in [0.717, 1.165) is 19.1 Å².